The first-order chi connectivity index (χ1) is 9.15. The third-order valence-electron chi connectivity index (χ3n) is 3.30. The highest BCUT2D eigenvalue weighted by molar-refractivity contribution is 5.66. The fourth-order valence-corrected chi connectivity index (χ4v) is 1.99. The molecule has 2 nitrogen and oxygen atoms in total. The van der Waals surface area contributed by atoms with E-state index < -0.39 is 0 Å². The smallest absolute Gasteiger partial charge is 0.131 e. The Morgan fingerprint density at radius 1 is 1.16 bits per heavy atom. The molecule has 0 saturated heterocycles. The Kier molecular flexibility index (Phi) is 4.17. The number of hydrogen-bond acceptors (Lipinski definition) is 2. The number of rotatable bonds is 4. The molecule has 2 aromatic rings. The average Bonchev–Trinajstić information content (AvgIpc) is 2.47. The fraction of sp³-hybridized carbons (Fsp3) is 0.250. The standard InChI is InChI=1S/C16H18FNO/c1-11(18-2)12-7-8-16(17)15(10-12)13-5-4-6-14(9-13)19-3/h4-11,18H,1-3H3. The van der Waals surface area contributed by atoms with Crippen LogP contribution in [0.5, 0.6) is 5.75 Å². The molecule has 1 N–H and O–H groups in total. The molecule has 0 amide bonds. The number of benzene rings is 2. The van der Waals surface area contributed by atoms with Gasteiger partial charge in [-0.05, 0) is 49.4 Å². The van der Waals surface area contributed by atoms with Crippen LogP contribution in [0.15, 0.2) is 42.5 Å². The lowest BCUT2D eigenvalue weighted by Crippen LogP contribution is -2.12. The van der Waals surface area contributed by atoms with Crippen LogP contribution in [-0.4, -0.2) is 14.2 Å². The second-order valence-corrected chi connectivity index (χ2v) is 4.48. The molecule has 0 fully saturated rings. The van der Waals surface area contributed by atoms with Crippen molar-refractivity contribution < 1.29 is 9.13 Å². The van der Waals surface area contributed by atoms with E-state index in [-0.39, 0.29) is 11.9 Å². The van der Waals surface area contributed by atoms with Crippen LogP contribution >= 0.6 is 0 Å². The SMILES string of the molecule is CNC(C)c1ccc(F)c(-c2cccc(OC)c2)c1. The number of methoxy groups -OCH3 is 1. The van der Waals surface area contributed by atoms with Crippen molar-refractivity contribution in [2.24, 2.45) is 0 Å². The molecule has 0 bridgehead atoms. The highest BCUT2D eigenvalue weighted by Crippen LogP contribution is 2.28. The predicted molar refractivity (Wildman–Crippen MR) is 75.9 cm³/mol. The molecule has 2 aromatic carbocycles. The zero-order valence-electron chi connectivity index (χ0n) is 11.4. The van der Waals surface area contributed by atoms with E-state index in [1.165, 1.54) is 6.07 Å². The van der Waals surface area contributed by atoms with Crippen molar-refractivity contribution in [2.45, 2.75) is 13.0 Å². The normalized spacial score (nSPS) is 12.2. The maximum absolute atomic E-state index is 14.0. The van der Waals surface area contributed by atoms with Crippen molar-refractivity contribution in [3.63, 3.8) is 0 Å². The molecule has 100 valence electrons. The first-order valence-corrected chi connectivity index (χ1v) is 6.27. The Bertz CT molecular complexity index is 568. The van der Waals surface area contributed by atoms with Crippen molar-refractivity contribution in [2.75, 3.05) is 14.2 Å². The molecule has 0 aliphatic heterocycles. The first-order valence-electron chi connectivity index (χ1n) is 6.27. The van der Waals surface area contributed by atoms with Gasteiger partial charge in [0.25, 0.3) is 0 Å². The number of halogens is 1. The van der Waals surface area contributed by atoms with Gasteiger partial charge < -0.3 is 10.1 Å². The van der Waals surface area contributed by atoms with Crippen LogP contribution in [0, 0.1) is 5.82 Å². The molecule has 19 heavy (non-hydrogen) atoms. The van der Waals surface area contributed by atoms with Gasteiger partial charge in [-0.15, -0.1) is 0 Å². The molecule has 2 rings (SSSR count). The highest BCUT2D eigenvalue weighted by atomic mass is 19.1. The monoisotopic (exact) mass is 259 g/mol. The van der Waals surface area contributed by atoms with Gasteiger partial charge in [0.15, 0.2) is 0 Å². The molecule has 0 saturated carbocycles. The molecule has 0 heterocycles. The van der Waals surface area contributed by atoms with Crippen LogP contribution in [0.2, 0.25) is 0 Å². The van der Waals surface area contributed by atoms with Crippen molar-refractivity contribution in [3.8, 4) is 16.9 Å². The number of nitrogens with one attached hydrogen (secondary N) is 1. The largest absolute Gasteiger partial charge is 0.497 e. The van der Waals surface area contributed by atoms with E-state index in [9.17, 15) is 4.39 Å². The summed E-state index contributed by atoms with van der Waals surface area (Å²) in [5.41, 5.74) is 2.47. The zero-order valence-corrected chi connectivity index (χ0v) is 11.4. The van der Waals surface area contributed by atoms with Crippen molar-refractivity contribution in [1.29, 1.82) is 0 Å². The maximum Gasteiger partial charge on any atom is 0.131 e. The van der Waals surface area contributed by atoms with Crippen LogP contribution in [0.4, 0.5) is 4.39 Å². The summed E-state index contributed by atoms with van der Waals surface area (Å²) in [4.78, 5) is 0. The molecular formula is C16H18FNO. The topological polar surface area (TPSA) is 21.3 Å². The predicted octanol–water partition coefficient (Wildman–Crippen LogP) is 3.78. The van der Waals surface area contributed by atoms with Crippen molar-refractivity contribution >= 4 is 0 Å². The van der Waals surface area contributed by atoms with Crippen LogP contribution in [0.3, 0.4) is 0 Å². The van der Waals surface area contributed by atoms with E-state index in [4.69, 9.17) is 4.74 Å². The highest BCUT2D eigenvalue weighted by Gasteiger charge is 2.10. The second kappa shape index (κ2) is 5.85. The Labute approximate surface area is 113 Å². The molecule has 3 heteroatoms. The summed E-state index contributed by atoms with van der Waals surface area (Å²) >= 11 is 0. The van der Waals surface area contributed by atoms with Gasteiger partial charge in [0.05, 0.1) is 7.11 Å². The van der Waals surface area contributed by atoms with Crippen LogP contribution in [0.1, 0.15) is 18.5 Å². The summed E-state index contributed by atoms with van der Waals surface area (Å²) in [6, 6.07) is 12.8. The van der Waals surface area contributed by atoms with E-state index in [2.05, 4.69) is 5.32 Å². The Morgan fingerprint density at radius 2 is 1.95 bits per heavy atom. The number of ether oxygens (including phenoxy) is 1. The van der Waals surface area contributed by atoms with Crippen LogP contribution in [-0.2, 0) is 0 Å². The Morgan fingerprint density at radius 3 is 2.63 bits per heavy atom. The third-order valence-corrected chi connectivity index (χ3v) is 3.30. The number of hydrogen-bond donors (Lipinski definition) is 1. The zero-order chi connectivity index (χ0) is 13.8. The van der Waals surface area contributed by atoms with Gasteiger partial charge in [0, 0.05) is 11.6 Å². The van der Waals surface area contributed by atoms with E-state index in [0.29, 0.717) is 5.56 Å². The van der Waals surface area contributed by atoms with Crippen LogP contribution in [0.25, 0.3) is 11.1 Å². The van der Waals surface area contributed by atoms with Gasteiger partial charge in [-0.1, -0.05) is 18.2 Å². The van der Waals surface area contributed by atoms with Crippen molar-refractivity contribution in [1.82, 2.24) is 5.32 Å². The lowest BCUT2D eigenvalue weighted by molar-refractivity contribution is 0.415. The van der Waals surface area contributed by atoms with Gasteiger partial charge >= 0.3 is 0 Å². The first kappa shape index (κ1) is 13.6. The minimum atomic E-state index is -0.222. The average molecular weight is 259 g/mol. The summed E-state index contributed by atoms with van der Waals surface area (Å²) in [6.45, 7) is 2.04. The molecule has 1 unspecified atom stereocenters. The van der Waals surface area contributed by atoms with Crippen LogP contribution < -0.4 is 10.1 Å². The Balaban J connectivity index is 2.48. The van der Waals surface area contributed by atoms with Gasteiger partial charge in [0.2, 0.25) is 0 Å². The maximum atomic E-state index is 14.0. The quantitative estimate of drug-likeness (QED) is 0.902. The van der Waals surface area contributed by atoms with E-state index in [1.807, 2.05) is 44.3 Å². The molecule has 0 radical (unpaired) electrons. The summed E-state index contributed by atoms with van der Waals surface area (Å²) < 4.78 is 19.2. The molecule has 1 atom stereocenters. The molecule has 0 aliphatic carbocycles. The second-order valence-electron chi connectivity index (χ2n) is 4.48. The minimum absolute atomic E-state index is 0.185. The van der Waals surface area contributed by atoms with Gasteiger partial charge in [-0.3, -0.25) is 0 Å². The molecule has 0 aromatic heterocycles. The van der Waals surface area contributed by atoms with Crippen molar-refractivity contribution in [3.05, 3.63) is 53.8 Å². The van der Waals surface area contributed by atoms with Gasteiger partial charge in [-0.2, -0.15) is 0 Å². The Hall–Kier alpha value is -1.87. The third kappa shape index (κ3) is 2.93. The lowest BCUT2D eigenvalue weighted by Gasteiger charge is -2.13. The lowest BCUT2D eigenvalue weighted by atomic mass is 9.99. The summed E-state index contributed by atoms with van der Waals surface area (Å²) in [5, 5.41) is 3.15. The van der Waals surface area contributed by atoms with E-state index in [1.54, 1.807) is 13.2 Å². The molecule has 0 spiro atoms. The summed E-state index contributed by atoms with van der Waals surface area (Å²) in [7, 11) is 3.49. The molecule has 0 aliphatic rings. The van der Waals surface area contributed by atoms with Gasteiger partial charge in [-0.25, -0.2) is 4.39 Å². The summed E-state index contributed by atoms with van der Waals surface area (Å²) in [6.07, 6.45) is 0. The van der Waals surface area contributed by atoms with E-state index >= 15 is 0 Å². The van der Waals surface area contributed by atoms with Gasteiger partial charge in [0.1, 0.15) is 11.6 Å². The summed E-state index contributed by atoms with van der Waals surface area (Å²) in [5.74, 6) is 0.504. The molecular weight excluding hydrogens is 241 g/mol. The fourth-order valence-electron chi connectivity index (χ4n) is 1.99. The van der Waals surface area contributed by atoms with E-state index in [0.717, 1.165) is 16.9 Å². The minimum Gasteiger partial charge on any atom is -0.497 e.